The van der Waals surface area contributed by atoms with Crippen LogP contribution in [0, 0.1) is 18.3 Å². The lowest BCUT2D eigenvalue weighted by Gasteiger charge is -2.12. The van der Waals surface area contributed by atoms with Crippen molar-refractivity contribution in [3.05, 3.63) is 58.7 Å². The minimum Gasteiger partial charge on any atom is -0.437 e. The Morgan fingerprint density at radius 1 is 1.27 bits per heavy atom. The standard InChI is InChI=1S/C17H11F3N4OS/c1-10-4-2-3-5-13(10)25-15-12(6-11(7-21)8-22-15)23-16-24-14(9-26-16)17(18,19)20/h2-6,8-9H,1H3,(H,23,24). The molecular formula is C17H11F3N4OS. The van der Waals surface area contributed by atoms with Gasteiger partial charge in [-0.1, -0.05) is 18.2 Å². The SMILES string of the molecule is Cc1ccccc1Oc1ncc(C#N)cc1Nc1nc(C(F)(F)F)cs1. The number of aryl methyl sites for hydroxylation is 1. The first-order chi connectivity index (χ1) is 12.4. The number of benzene rings is 1. The predicted molar refractivity (Wildman–Crippen MR) is 90.6 cm³/mol. The zero-order chi connectivity index (χ0) is 18.7. The van der Waals surface area contributed by atoms with Gasteiger partial charge in [0.1, 0.15) is 17.5 Å². The molecule has 0 spiro atoms. The molecule has 3 rings (SSSR count). The highest BCUT2D eigenvalue weighted by atomic mass is 32.1. The summed E-state index contributed by atoms with van der Waals surface area (Å²) in [6, 6.07) is 10.6. The molecule has 0 aliphatic heterocycles. The molecule has 2 heterocycles. The van der Waals surface area contributed by atoms with Crippen LogP contribution in [0.15, 0.2) is 41.9 Å². The largest absolute Gasteiger partial charge is 0.437 e. The molecule has 0 bridgehead atoms. The van der Waals surface area contributed by atoms with Gasteiger partial charge in [0.15, 0.2) is 10.8 Å². The molecule has 0 saturated carbocycles. The second-order valence-corrected chi connectivity index (χ2v) is 6.07. The summed E-state index contributed by atoms with van der Waals surface area (Å²) >= 11 is 0.794. The Morgan fingerprint density at radius 3 is 2.69 bits per heavy atom. The summed E-state index contributed by atoms with van der Waals surface area (Å²) in [5.74, 6) is 0.671. The monoisotopic (exact) mass is 376 g/mol. The number of thiazole rings is 1. The number of nitriles is 1. The molecule has 0 unspecified atom stereocenters. The molecule has 0 fully saturated rings. The lowest BCUT2D eigenvalue weighted by Crippen LogP contribution is -2.05. The Balaban J connectivity index is 1.93. The minimum atomic E-state index is -4.52. The molecule has 3 aromatic rings. The molecule has 1 aromatic carbocycles. The number of para-hydroxylation sites is 1. The fourth-order valence-corrected chi connectivity index (χ4v) is 2.77. The molecule has 0 radical (unpaired) electrons. The molecule has 0 saturated heterocycles. The van der Waals surface area contributed by atoms with Crippen LogP contribution >= 0.6 is 11.3 Å². The molecule has 5 nitrogen and oxygen atoms in total. The number of ether oxygens (including phenoxy) is 1. The summed E-state index contributed by atoms with van der Waals surface area (Å²) in [6.07, 6.45) is -3.20. The maximum Gasteiger partial charge on any atom is 0.434 e. The number of pyridine rings is 1. The molecule has 132 valence electrons. The summed E-state index contributed by atoms with van der Waals surface area (Å²) in [6.45, 7) is 1.85. The quantitative estimate of drug-likeness (QED) is 0.671. The minimum absolute atomic E-state index is 0.0175. The molecule has 0 aliphatic carbocycles. The van der Waals surface area contributed by atoms with Gasteiger partial charge in [-0.2, -0.15) is 18.4 Å². The molecule has 0 atom stereocenters. The van der Waals surface area contributed by atoms with E-state index in [1.807, 2.05) is 25.1 Å². The van der Waals surface area contributed by atoms with Crippen LogP contribution in [0.2, 0.25) is 0 Å². The number of nitrogens with one attached hydrogen (secondary N) is 1. The van der Waals surface area contributed by atoms with E-state index in [1.54, 1.807) is 12.1 Å². The van der Waals surface area contributed by atoms with Crippen LogP contribution in [-0.4, -0.2) is 9.97 Å². The fraction of sp³-hybridized carbons (Fsp3) is 0.118. The maximum absolute atomic E-state index is 12.7. The number of halogens is 3. The number of nitrogens with zero attached hydrogens (tertiary/aromatic N) is 3. The zero-order valence-electron chi connectivity index (χ0n) is 13.3. The summed E-state index contributed by atoms with van der Waals surface area (Å²) in [7, 11) is 0. The number of alkyl halides is 3. The van der Waals surface area contributed by atoms with Crippen molar-refractivity contribution in [2.75, 3.05) is 5.32 Å². The summed E-state index contributed by atoms with van der Waals surface area (Å²) in [5, 5.41) is 12.7. The molecule has 1 N–H and O–H groups in total. The Hall–Kier alpha value is -3.12. The van der Waals surface area contributed by atoms with Crippen molar-refractivity contribution in [1.82, 2.24) is 9.97 Å². The van der Waals surface area contributed by atoms with Gasteiger partial charge in [0.2, 0.25) is 5.88 Å². The van der Waals surface area contributed by atoms with Crippen molar-refractivity contribution in [3.8, 4) is 17.7 Å². The van der Waals surface area contributed by atoms with Gasteiger partial charge in [-0.3, -0.25) is 0 Å². The molecule has 26 heavy (non-hydrogen) atoms. The van der Waals surface area contributed by atoms with Gasteiger partial charge in [-0.05, 0) is 24.6 Å². The Morgan fingerprint density at radius 2 is 2.04 bits per heavy atom. The predicted octanol–water partition coefficient (Wildman–Crippen LogP) is 5.27. The summed E-state index contributed by atoms with van der Waals surface area (Å²) in [4.78, 5) is 7.60. The first-order valence-corrected chi connectivity index (χ1v) is 8.18. The van der Waals surface area contributed by atoms with Crippen LogP contribution in [0.3, 0.4) is 0 Å². The normalized spacial score (nSPS) is 11.0. The maximum atomic E-state index is 12.7. The van der Waals surface area contributed by atoms with Crippen molar-refractivity contribution >= 4 is 22.2 Å². The number of hydrogen-bond acceptors (Lipinski definition) is 6. The van der Waals surface area contributed by atoms with E-state index in [-0.39, 0.29) is 22.3 Å². The van der Waals surface area contributed by atoms with Crippen LogP contribution in [0.5, 0.6) is 11.6 Å². The Bertz CT molecular complexity index is 979. The average molecular weight is 376 g/mol. The number of anilines is 2. The molecule has 2 aromatic heterocycles. The highest BCUT2D eigenvalue weighted by Gasteiger charge is 2.33. The van der Waals surface area contributed by atoms with Gasteiger partial charge in [0.05, 0.1) is 5.56 Å². The lowest BCUT2D eigenvalue weighted by atomic mass is 10.2. The van der Waals surface area contributed by atoms with E-state index < -0.39 is 11.9 Å². The van der Waals surface area contributed by atoms with Crippen LogP contribution in [0.1, 0.15) is 16.8 Å². The van der Waals surface area contributed by atoms with E-state index in [0.717, 1.165) is 22.3 Å². The van der Waals surface area contributed by atoms with E-state index in [1.165, 1.54) is 12.3 Å². The third kappa shape index (κ3) is 3.92. The van der Waals surface area contributed by atoms with E-state index in [4.69, 9.17) is 10.00 Å². The molecule has 0 amide bonds. The Labute approximate surface area is 150 Å². The highest BCUT2D eigenvalue weighted by Crippen LogP contribution is 2.35. The van der Waals surface area contributed by atoms with Gasteiger partial charge in [0, 0.05) is 11.6 Å². The lowest BCUT2D eigenvalue weighted by molar-refractivity contribution is -0.140. The third-order valence-corrected chi connectivity index (χ3v) is 4.07. The van der Waals surface area contributed by atoms with Gasteiger partial charge in [0.25, 0.3) is 0 Å². The highest BCUT2D eigenvalue weighted by molar-refractivity contribution is 7.13. The van der Waals surface area contributed by atoms with Crippen molar-refractivity contribution < 1.29 is 17.9 Å². The molecule has 0 aliphatic rings. The fourth-order valence-electron chi connectivity index (χ4n) is 2.04. The van der Waals surface area contributed by atoms with Crippen molar-refractivity contribution in [2.45, 2.75) is 13.1 Å². The van der Waals surface area contributed by atoms with Crippen molar-refractivity contribution in [2.24, 2.45) is 0 Å². The van der Waals surface area contributed by atoms with Crippen LogP contribution in [0.4, 0.5) is 24.0 Å². The third-order valence-electron chi connectivity index (χ3n) is 3.32. The van der Waals surface area contributed by atoms with E-state index in [0.29, 0.717) is 5.75 Å². The summed E-state index contributed by atoms with van der Waals surface area (Å²) < 4.78 is 43.9. The van der Waals surface area contributed by atoms with Crippen LogP contribution < -0.4 is 10.1 Å². The van der Waals surface area contributed by atoms with Gasteiger partial charge in [-0.15, -0.1) is 11.3 Å². The van der Waals surface area contributed by atoms with Gasteiger partial charge in [-0.25, -0.2) is 9.97 Å². The number of hydrogen-bond donors (Lipinski definition) is 1. The second-order valence-electron chi connectivity index (χ2n) is 5.22. The summed E-state index contributed by atoms with van der Waals surface area (Å²) in [5.41, 5.74) is 0.349. The van der Waals surface area contributed by atoms with Crippen molar-refractivity contribution in [1.29, 1.82) is 5.26 Å². The Kier molecular flexibility index (Phi) is 4.77. The zero-order valence-corrected chi connectivity index (χ0v) is 14.1. The number of aromatic nitrogens is 2. The van der Waals surface area contributed by atoms with Gasteiger partial charge >= 0.3 is 6.18 Å². The van der Waals surface area contributed by atoms with Gasteiger partial charge < -0.3 is 10.1 Å². The van der Waals surface area contributed by atoms with Crippen molar-refractivity contribution in [3.63, 3.8) is 0 Å². The first-order valence-electron chi connectivity index (χ1n) is 7.30. The van der Waals surface area contributed by atoms with E-state index >= 15 is 0 Å². The average Bonchev–Trinajstić information content (AvgIpc) is 3.07. The van der Waals surface area contributed by atoms with Crippen LogP contribution in [-0.2, 0) is 6.18 Å². The molecule has 9 heteroatoms. The van der Waals surface area contributed by atoms with Crippen LogP contribution in [0.25, 0.3) is 0 Å². The topological polar surface area (TPSA) is 70.8 Å². The van der Waals surface area contributed by atoms with E-state index in [9.17, 15) is 13.2 Å². The number of rotatable bonds is 4. The van der Waals surface area contributed by atoms with E-state index in [2.05, 4.69) is 15.3 Å². The molecular weight excluding hydrogens is 365 g/mol. The smallest absolute Gasteiger partial charge is 0.434 e. The first kappa shape index (κ1) is 17.7. The second kappa shape index (κ2) is 7.01.